The van der Waals surface area contributed by atoms with Gasteiger partial charge in [-0.1, -0.05) is 19.3 Å². The molecule has 1 aliphatic rings. The van der Waals surface area contributed by atoms with Gasteiger partial charge in [0.15, 0.2) is 5.82 Å². The van der Waals surface area contributed by atoms with Crippen LogP contribution in [0, 0.1) is 6.92 Å². The van der Waals surface area contributed by atoms with Crippen molar-refractivity contribution in [3.05, 3.63) is 17.8 Å². The van der Waals surface area contributed by atoms with Crippen LogP contribution in [-0.4, -0.2) is 23.3 Å². The number of hydrogen-bond donors (Lipinski definition) is 0. The summed E-state index contributed by atoms with van der Waals surface area (Å²) in [4.78, 5) is 2.29. The van der Waals surface area contributed by atoms with Crippen LogP contribution in [0.15, 0.2) is 12.3 Å². The fraction of sp³-hybridized carbons (Fsp3) is 0.667. The van der Waals surface area contributed by atoms with Crippen LogP contribution in [0.3, 0.4) is 0 Å². The van der Waals surface area contributed by atoms with E-state index >= 15 is 0 Å². The van der Waals surface area contributed by atoms with E-state index in [1.165, 1.54) is 37.7 Å². The summed E-state index contributed by atoms with van der Waals surface area (Å²) in [5, 5.41) is 8.20. The lowest BCUT2D eigenvalue weighted by molar-refractivity contribution is 0.425. The van der Waals surface area contributed by atoms with Crippen LogP contribution in [-0.2, 0) is 0 Å². The van der Waals surface area contributed by atoms with Gasteiger partial charge >= 0.3 is 0 Å². The molecule has 0 amide bonds. The van der Waals surface area contributed by atoms with E-state index < -0.39 is 0 Å². The number of nitrogens with zero attached hydrogens (tertiary/aromatic N) is 3. The molecular weight excluding hydrogens is 186 g/mol. The molecule has 0 N–H and O–H groups in total. The molecule has 1 aliphatic carbocycles. The Morgan fingerprint density at radius 3 is 2.67 bits per heavy atom. The summed E-state index contributed by atoms with van der Waals surface area (Å²) in [7, 11) is 2.14. The molecule has 0 saturated heterocycles. The first-order valence-corrected chi connectivity index (χ1v) is 5.79. The predicted molar refractivity (Wildman–Crippen MR) is 62.0 cm³/mol. The van der Waals surface area contributed by atoms with Gasteiger partial charge < -0.3 is 4.90 Å². The maximum atomic E-state index is 4.19. The molecule has 0 spiro atoms. The molecule has 1 fully saturated rings. The largest absolute Gasteiger partial charge is 0.355 e. The van der Waals surface area contributed by atoms with Crippen molar-refractivity contribution < 1.29 is 0 Å². The summed E-state index contributed by atoms with van der Waals surface area (Å²) in [6.45, 7) is 2.06. The summed E-state index contributed by atoms with van der Waals surface area (Å²) in [6.07, 6.45) is 8.50. The highest BCUT2D eigenvalue weighted by Crippen LogP contribution is 2.24. The molecule has 1 saturated carbocycles. The van der Waals surface area contributed by atoms with Crippen LogP contribution in [0.1, 0.15) is 37.7 Å². The van der Waals surface area contributed by atoms with Gasteiger partial charge in [0.1, 0.15) is 0 Å². The molecule has 0 bridgehead atoms. The second-order valence-electron chi connectivity index (χ2n) is 4.49. The molecule has 82 valence electrons. The molecule has 3 heteroatoms. The first-order chi connectivity index (χ1) is 7.27. The third kappa shape index (κ3) is 2.46. The lowest BCUT2D eigenvalue weighted by atomic mass is 9.94. The maximum absolute atomic E-state index is 4.19. The van der Waals surface area contributed by atoms with Crippen LogP contribution in [0.25, 0.3) is 0 Å². The number of hydrogen-bond acceptors (Lipinski definition) is 3. The van der Waals surface area contributed by atoms with Gasteiger partial charge in [-0.3, -0.25) is 0 Å². The Morgan fingerprint density at radius 2 is 2.00 bits per heavy atom. The normalized spacial score (nSPS) is 17.7. The summed E-state index contributed by atoms with van der Waals surface area (Å²) >= 11 is 0. The minimum Gasteiger partial charge on any atom is -0.355 e. The van der Waals surface area contributed by atoms with Crippen molar-refractivity contribution in [1.29, 1.82) is 0 Å². The first-order valence-electron chi connectivity index (χ1n) is 5.79. The SMILES string of the molecule is Cc1cnnc(N(C)C2CCCCC2)c1. The highest BCUT2D eigenvalue weighted by atomic mass is 15.3. The lowest BCUT2D eigenvalue weighted by Crippen LogP contribution is -2.34. The fourth-order valence-corrected chi connectivity index (χ4v) is 2.28. The van der Waals surface area contributed by atoms with Crippen LogP contribution in [0.4, 0.5) is 5.82 Å². The fourth-order valence-electron chi connectivity index (χ4n) is 2.28. The maximum Gasteiger partial charge on any atom is 0.151 e. The molecule has 0 unspecified atom stereocenters. The second-order valence-corrected chi connectivity index (χ2v) is 4.49. The average Bonchev–Trinajstić information content (AvgIpc) is 2.29. The van der Waals surface area contributed by atoms with E-state index in [2.05, 4.69) is 35.1 Å². The van der Waals surface area contributed by atoms with Crippen LogP contribution < -0.4 is 4.90 Å². The molecule has 3 nitrogen and oxygen atoms in total. The van der Waals surface area contributed by atoms with Crippen molar-refractivity contribution in [2.24, 2.45) is 0 Å². The Bertz CT molecular complexity index is 318. The Balaban J connectivity index is 2.08. The summed E-state index contributed by atoms with van der Waals surface area (Å²) in [5.41, 5.74) is 1.18. The van der Waals surface area contributed by atoms with Gasteiger partial charge in [0.05, 0.1) is 6.20 Å². The van der Waals surface area contributed by atoms with Crippen molar-refractivity contribution in [3.8, 4) is 0 Å². The number of aryl methyl sites for hydroxylation is 1. The van der Waals surface area contributed by atoms with Crippen LogP contribution in [0.5, 0.6) is 0 Å². The Labute approximate surface area is 91.5 Å². The van der Waals surface area contributed by atoms with Gasteiger partial charge in [-0.05, 0) is 31.4 Å². The van der Waals surface area contributed by atoms with Crippen molar-refractivity contribution in [2.45, 2.75) is 45.1 Å². The third-order valence-corrected chi connectivity index (χ3v) is 3.26. The van der Waals surface area contributed by atoms with Gasteiger partial charge in [-0.2, -0.15) is 5.10 Å². The quantitative estimate of drug-likeness (QED) is 0.743. The molecule has 0 aliphatic heterocycles. The van der Waals surface area contributed by atoms with Crippen molar-refractivity contribution in [2.75, 3.05) is 11.9 Å². The van der Waals surface area contributed by atoms with E-state index in [9.17, 15) is 0 Å². The average molecular weight is 205 g/mol. The second kappa shape index (κ2) is 4.60. The summed E-state index contributed by atoms with van der Waals surface area (Å²) in [6, 6.07) is 2.77. The minimum atomic E-state index is 0.662. The van der Waals surface area contributed by atoms with Crippen LogP contribution >= 0.6 is 0 Å². The Morgan fingerprint density at radius 1 is 1.27 bits per heavy atom. The molecule has 1 aromatic heterocycles. The van der Waals surface area contributed by atoms with Crippen molar-refractivity contribution >= 4 is 5.82 Å². The molecule has 1 heterocycles. The van der Waals surface area contributed by atoms with E-state index in [0.29, 0.717) is 6.04 Å². The van der Waals surface area contributed by atoms with E-state index in [4.69, 9.17) is 0 Å². The molecular formula is C12H19N3. The van der Waals surface area contributed by atoms with Gasteiger partial charge in [0.25, 0.3) is 0 Å². The van der Waals surface area contributed by atoms with Gasteiger partial charge in [0, 0.05) is 13.1 Å². The highest BCUT2D eigenvalue weighted by Gasteiger charge is 2.19. The Hall–Kier alpha value is -1.12. The van der Waals surface area contributed by atoms with Crippen LogP contribution in [0.2, 0.25) is 0 Å². The zero-order chi connectivity index (χ0) is 10.7. The van der Waals surface area contributed by atoms with Gasteiger partial charge in [-0.25, -0.2) is 0 Å². The topological polar surface area (TPSA) is 29.0 Å². The van der Waals surface area contributed by atoms with E-state index in [1.54, 1.807) is 6.20 Å². The number of anilines is 1. The molecule has 15 heavy (non-hydrogen) atoms. The van der Waals surface area contributed by atoms with Gasteiger partial charge in [0.2, 0.25) is 0 Å². The standard InChI is InChI=1S/C12H19N3/c1-10-8-12(14-13-9-10)15(2)11-6-4-3-5-7-11/h8-9,11H,3-7H2,1-2H3. The lowest BCUT2D eigenvalue weighted by Gasteiger charge is -2.31. The minimum absolute atomic E-state index is 0.662. The molecule has 0 atom stereocenters. The third-order valence-electron chi connectivity index (χ3n) is 3.26. The first kappa shape index (κ1) is 10.4. The summed E-state index contributed by atoms with van der Waals surface area (Å²) < 4.78 is 0. The Kier molecular flexibility index (Phi) is 3.19. The summed E-state index contributed by atoms with van der Waals surface area (Å²) in [5.74, 6) is 1.02. The number of aromatic nitrogens is 2. The molecule has 2 rings (SSSR count). The zero-order valence-corrected chi connectivity index (χ0v) is 9.61. The van der Waals surface area contributed by atoms with E-state index in [0.717, 1.165) is 5.82 Å². The molecule has 0 aromatic carbocycles. The van der Waals surface area contributed by atoms with E-state index in [-0.39, 0.29) is 0 Å². The van der Waals surface area contributed by atoms with Crippen molar-refractivity contribution in [1.82, 2.24) is 10.2 Å². The van der Waals surface area contributed by atoms with E-state index in [1.807, 2.05) is 0 Å². The zero-order valence-electron chi connectivity index (χ0n) is 9.61. The smallest absolute Gasteiger partial charge is 0.151 e. The van der Waals surface area contributed by atoms with Crippen molar-refractivity contribution in [3.63, 3.8) is 0 Å². The highest BCUT2D eigenvalue weighted by molar-refractivity contribution is 5.39. The molecule has 0 radical (unpaired) electrons. The predicted octanol–water partition coefficient (Wildman–Crippen LogP) is 2.55. The van der Waals surface area contributed by atoms with Gasteiger partial charge in [-0.15, -0.1) is 5.10 Å². The molecule has 1 aromatic rings. The monoisotopic (exact) mass is 205 g/mol. The number of rotatable bonds is 2.